The van der Waals surface area contributed by atoms with Gasteiger partial charge < -0.3 is 14.2 Å². The molecular weight excluding hydrogens is 265 g/mol. The van der Waals surface area contributed by atoms with Crippen LogP contribution in [0, 0.1) is 0 Å². The van der Waals surface area contributed by atoms with E-state index in [0.29, 0.717) is 25.7 Å². The third-order valence-electron chi connectivity index (χ3n) is 3.26. The van der Waals surface area contributed by atoms with Crippen molar-refractivity contribution in [3.05, 3.63) is 0 Å². The Kier molecular flexibility index (Phi) is 5.61. The molecule has 1 saturated carbocycles. The van der Waals surface area contributed by atoms with Gasteiger partial charge in [0, 0.05) is 7.11 Å². The Morgan fingerprint density at radius 3 is 2.32 bits per heavy atom. The molecule has 0 aromatic heterocycles. The summed E-state index contributed by atoms with van der Waals surface area (Å²) in [5.41, 5.74) is -1.03. The fourth-order valence-corrected chi connectivity index (χ4v) is 2.19. The topological polar surface area (TPSA) is 44.8 Å². The SMILES string of the molecule is CCOC(=O)C1(OC)CCC(OCC(F)(F)F)CC1. The molecule has 112 valence electrons. The van der Waals surface area contributed by atoms with Crippen LogP contribution in [0.3, 0.4) is 0 Å². The van der Waals surface area contributed by atoms with Crippen molar-refractivity contribution < 1.29 is 32.2 Å². The number of halogens is 3. The number of esters is 1. The van der Waals surface area contributed by atoms with Gasteiger partial charge in [-0.05, 0) is 32.6 Å². The van der Waals surface area contributed by atoms with E-state index in [4.69, 9.17) is 14.2 Å². The summed E-state index contributed by atoms with van der Waals surface area (Å²) >= 11 is 0. The van der Waals surface area contributed by atoms with E-state index in [1.165, 1.54) is 7.11 Å². The zero-order valence-electron chi connectivity index (χ0n) is 11.1. The summed E-state index contributed by atoms with van der Waals surface area (Å²) < 4.78 is 51.1. The van der Waals surface area contributed by atoms with Gasteiger partial charge in [0.05, 0.1) is 12.7 Å². The second kappa shape index (κ2) is 6.56. The summed E-state index contributed by atoms with van der Waals surface area (Å²) in [7, 11) is 1.41. The number of hydrogen-bond acceptors (Lipinski definition) is 4. The first kappa shape index (κ1) is 16.2. The Balaban J connectivity index is 2.48. The molecule has 0 heterocycles. The lowest BCUT2D eigenvalue weighted by Crippen LogP contribution is -2.46. The van der Waals surface area contributed by atoms with Crippen LogP contribution in [0.2, 0.25) is 0 Å². The summed E-state index contributed by atoms with van der Waals surface area (Å²) in [4.78, 5) is 11.8. The Morgan fingerprint density at radius 1 is 1.32 bits per heavy atom. The number of carbonyl (C=O) groups is 1. The lowest BCUT2D eigenvalue weighted by atomic mass is 9.83. The fourth-order valence-electron chi connectivity index (χ4n) is 2.19. The zero-order valence-corrected chi connectivity index (χ0v) is 11.1. The van der Waals surface area contributed by atoms with Crippen LogP contribution in [0.1, 0.15) is 32.6 Å². The summed E-state index contributed by atoms with van der Waals surface area (Å²) in [5, 5.41) is 0. The quantitative estimate of drug-likeness (QED) is 0.727. The number of ether oxygens (including phenoxy) is 3. The highest BCUT2D eigenvalue weighted by Crippen LogP contribution is 2.34. The average molecular weight is 284 g/mol. The molecule has 19 heavy (non-hydrogen) atoms. The maximum absolute atomic E-state index is 12.0. The molecule has 0 atom stereocenters. The van der Waals surface area contributed by atoms with Crippen LogP contribution < -0.4 is 0 Å². The third kappa shape index (κ3) is 4.65. The summed E-state index contributed by atoms with van der Waals surface area (Å²) in [5.74, 6) is -0.452. The maximum Gasteiger partial charge on any atom is 0.411 e. The van der Waals surface area contributed by atoms with Gasteiger partial charge in [0.2, 0.25) is 0 Å². The van der Waals surface area contributed by atoms with Crippen molar-refractivity contribution in [2.24, 2.45) is 0 Å². The first-order valence-electron chi connectivity index (χ1n) is 6.23. The first-order chi connectivity index (χ1) is 8.83. The van der Waals surface area contributed by atoms with Crippen LogP contribution >= 0.6 is 0 Å². The van der Waals surface area contributed by atoms with Crippen LogP contribution in [-0.2, 0) is 19.0 Å². The van der Waals surface area contributed by atoms with E-state index >= 15 is 0 Å². The highest BCUT2D eigenvalue weighted by molar-refractivity contribution is 5.79. The molecule has 1 fully saturated rings. The van der Waals surface area contributed by atoms with E-state index in [-0.39, 0.29) is 6.61 Å². The van der Waals surface area contributed by atoms with Gasteiger partial charge in [-0.1, -0.05) is 0 Å². The van der Waals surface area contributed by atoms with Crippen molar-refractivity contribution in [1.29, 1.82) is 0 Å². The smallest absolute Gasteiger partial charge is 0.411 e. The van der Waals surface area contributed by atoms with Crippen molar-refractivity contribution in [1.82, 2.24) is 0 Å². The zero-order chi connectivity index (χ0) is 14.5. The number of hydrogen-bond donors (Lipinski definition) is 0. The molecule has 0 amide bonds. The molecule has 4 nitrogen and oxygen atoms in total. The largest absolute Gasteiger partial charge is 0.464 e. The second-order valence-corrected chi connectivity index (χ2v) is 4.54. The molecule has 1 rings (SSSR count). The van der Waals surface area contributed by atoms with Gasteiger partial charge in [-0.15, -0.1) is 0 Å². The van der Waals surface area contributed by atoms with Gasteiger partial charge in [0.25, 0.3) is 0 Å². The fraction of sp³-hybridized carbons (Fsp3) is 0.917. The van der Waals surface area contributed by atoms with Crippen LogP contribution in [0.4, 0.5) is 13.2 Å². The average Bonchev–Trinajstić information content (AvgIpc) is 2.36. The second-order valence-electron chi connectivity index (χ2n) is 4.54. The maximum atomic E-state index is 12.0. The number of rotatable bonds is 5. The lowest BCUT2D eigenvalue weighted by Gasteiger charge is -2.36. The van der Waals surface area contributed by atoms with Gasteiger partial charge in [-0.2, -0.15) is 13.2 Å². The minimum absolute atomic E-state index is 0.248. The number of carbonyl (C=O) groups excluding carboxylic acids is 1. The van der Waals surface area contributed by atoms with E-state index < -0.39 is 30.5 Å². The molecule has 0 aliphatic heterocycles. The lowest BCUT2D eigenvalue weighted by molar-refractivity contribution is -0.198. The van der Waals surface area contributed by atoms with E-state index in [9.17, 15) is 18.0 Å². The van der Waals surface area contributed by atoms with Crippen LogP contribution in [0.25, 0.3) is 0 Å². The van der Waals surface area contributed by atoms with Gasteiger partial charge in [-0.3, -0.25) is 0 Å². The molecule has 0 N–H and O–H groups in total. The van der Waals surface area contributed by atoms with Crippen LogP contribution in [0.15, 0.2) is 0 Å². The van der Waals surface area contributed by atoms with Crippen LogP contribution in [0.5, 0.6) is 0 Å². The Labute approximate surface area is 110 Å². The van der Waals surface area contributed by atoms with Crippen LogP contribution in [-0.4, -0.2) is 44.2 Å². The molecule has 1 aliphatic rings. The van der Waals surface area contributed by atoms with Gasteiger partial charge in [0.15, 0.2) is 5.60 Å². The predicted octanol–water partition coefficient (Wildman–Crippen LogP) is 2.46. The third-order valence-corrected chi connectivity index (χ3v) is 3.26. The highest BCUT2D eigenvalue weighted by Gasteiger charge is 2.44. The molecule has 0 bridgehead atoms. The van der Waals surface area contributed by atoms with Crippen molar-refractivity contribution in [2.45, 2.75) is 50.5 Å². The molecule has 0 radical (unpaired) electrons. The minimum Gasteiger partial charge on any atom is -0.464 e. The molecule has 7 heteroatoms. The van der Waals surface area contributed by atoms with Crippen molar-refractivity contribution in [3.63, 3.8) is 0 Å². The highest BCUT2D eigenvalue weighted by atomic mass is 19.4. The van der Waals surface area contributed by atoms with Crippen molar-refractivity contribution in [3.8, 4) is 0 Å². The summed E-state index contributed by atoms with van der Waals surface area (Å²) in [6.45, 7) is 0.689. The Hall–Kier alpha value is -0.820. The van der Waals surface area contributed by atoms with Gasteiger partial charge in [0.1, 0.15) is 6.61 Å². The number of methoxy groups -OCH3 is 1. The monoisotopic (exact) mass is 284 g/mol. The van der Waals surface area contributed by atoms with Crippen molar-refractivity contribution in [2.75, 3.05) is 20.3 Å². The van der Waals surface area contributed by atoms with E-state index in [0.717, 1.165) is 0 Å². The molecule has 0 saturated heterocycles. The summed E-state index contributed by atoms with van der Waals surface area (Å²) in [6, 6.07) is 0. The molecular formula is C12H19F3O4. The number of alkyl halides is 3. The molecule has 1 aliphatic carbocycles. The molecule has 0 unspecified atom stereocenters. The normalized spacial score (nSPS) is 28.2. The molecule has 0 aromatic rings. The van der Waals surface area contributed by atoms with Gasteiger partial charge >= 0.3 is 12.1 Å². The van der Waals surface area contributed by atoms with E-state index in [2.05, 4.69) is 0 Å². The van der Waals surface area contributed by atoms with Gasteiger partial charge in [-0.25, -0.2) is 4.79 Å². The molecule has 0 spiro atoms. The Bertz CT molecular complexity index is 296. The van der Waals surface area contributed by atoms with E-state index in [1.807, 2.05) is 0 Å². The van der Waals surface area contributed by atoms with Crippen molar-refractivity contribution >= 4 is 5.97 Å². The predicted molar refractivity (Wildman–Crippen MR) is 60.6 cm³/mol. The minimum atomic E-state index is -4.32. The summed E-state index contributed by atoms with van der Waals surface area (Å²) in [6.07, 6.45) is -3.49. The van der Waals surface area contributed by atoms with E-state index in [1.54, 1.807) is 6.92 Å². The Morgan fingerprint density at radius 2 is 1.89 bits per heavy atom. The molecule has 0 aromatic carbocycles. The standard InChI is InChI=1S/C12H19F3O4/c1-3-18-10(16)11(17-2)6-4-9(5-7-11)19-8-12(13,14)15/h9H,3-8H2,1-2H3. The first-order valence-corrected chi connectivity index (χ1v) is 6.23.